The molecule has 0 aromatic rings. The van der Waals surface area contributed by atoms with Crippen molar-refractivity contribution in [3.8, 4) is 0 Å². The quantitative estimate of drug-likeness (QED) is 0.0417. The zero-order valence-electron chi connectivity index (χ0n) is 29.9. The molecule has 49 heavy (non-hydrogen) atoms. The van der Waals surface area contributed by atoms with Crippen LogP contribution < -0.4 is 0 Å². The van der Waals surface area contributed by atoms with Crippen molar-refractivity contribution in [1.29, 1.82) is 0 Å². The Labute approximate surface area is 294 Å². The number of hydrogen-bond acceptors (Lipinski definition) is 10. The number of ether oxygens (including phenoxy) is 4. The van der Waals surface area contributed by atoms with E-state index in [1.807, 2.05) is 18.2 Å². The van der Waals surface area contributed by atoms with E-state index in [0.29, 0.717) is 12.8 Å². The van der Waals surface area contributed by atoms with Crippen molar-refractivity contribution in [1.82, 2.24) is 0 Å². The Balaban J connectivity index is 2.51. The third-order valence-electron chi connectivity index (χ3n) is 7.90. The second-order valence-corrected chi connectivity index (χ2v) is 12.3. The third kappa shape index (κ3) is 22.7. The highest BCUT2D eigenvalue weighted by Crippen LogP contribution is 2.22. The van der Waals surface area contributed by atoms with Crippen LogP contribution in [0.1, 0.15) is 117 Å². The highest BCUT2D eigenvalue weighted by atomic mass is 16.7. The summed E-state index contributed by atoms with van der Waals surface area (Å²) in [6.45, 7) is 3.14. The Kier molecular flexibility index (Phi) is 27.4. The first-order valence-electron chi connectivity index (χ1n) is 18.4. The number of allylic oxidation sites excluding steroid dienone is 10. The maximum Gasteiger partial charge on any atom is 0.306 e. The molecule has 0 radical (unpaired) electrons. The maximum absolute atomic E-state index is 12.6. The topological polar surface area (TPSA) is 152 Å². The van der Waals surface area contributed by atoms with E-state index in [9.17, 15) is 30.0 Å². The number of aliphatic hydroxyl groups excluding tert-OH is 4. The molecule has 3 unspecified atom stereocenters. The molecule has 0 aromatic heterocycles. The molecule has 0 bridgehead atoms. The predicted molar refractivity (Wildman–Crippen MR) is 191 cm³/mol. The van der Waals surface area contributed by atoms with Gasteiger partial charge in [0, 0.05) is 12.8 Å². The van der Waals surface area contributed by atoms with Gasteiger partial charge in [-0.05, 0) is 57.8 Å². The van der Waals surface area contributed by atoms with Crippen molar-refractivity contribution in [2.24, 2.45) is 0 Å². The summed E-state index contributed by atoms with van der Waals surface area (Å²) in [4.78, 5) is 25.0. The molecule has 1 fully saturated rings. The lowest BCUT2D eigenvalue weighted by Crippen LogP contribution is -2.59. The standard InChI is InChI=1S/C39H64O10/c1-3-5-7-9-11-13-15-16-18-20-22-24-26-28-35(42)48-32(31-47-39-38(45)37(44)36(43)33(29-40)49-39)30-46-34(41)27-25-23-21-19-17-14-12-10-8-6-4-2/h6,8,12,14,16,18-19,21-22,24,32-33,36-40,43-45H,3-5,7,9-11,13,15,17,20,23,25-31H2,1-2H3/b8-6+,14-12+,18-16+,21-19+,24-22+/t32?,33-,36+,37?,38?,39-/m1/s1. The molecule has 4 N–H and O–H groups in total. The fourth-order valence-corrected chi connectivity index (χ4v) is 4.97. The Morgan fingerprint density at radius 1 is 0.653 bits per heavy atom. The van der Waals surface area contributed by atoms with Gasteiger partial charge in [-0.2, -0.15) is 0 Å². The van der Waals surface area contributed by atoms with Crippen LogP contribution in [0.25, 0.3) is 0 Å². The highest BCUT2D eigenvalue weighted by molar-refractivity contribution is 5.70. The minimum Gasteiger partial charge on any atom is -0.462 e. The normalized spacial score (nSPS) is 22.3. The lowest BCUT2D eigenvalue weighted by Gasteiger charge is -2.39. The SMILES string of the molecule is CC/C=C/C/C=C/C/C=C/CCCC(=O)OCC(CO[C@@H]1O[C@H](CO)[C@H](O)C(O)C1O)OC(=O)CC/C=C/C/C=C/CCCCCCCC. The highest BCUT2D eigenvalue weighted by Gasteiger charge is 2.44. The van der Waals surface area contributed by atoms with Crippen molar-refractivity contribution in [3.63, 3.8) is 0 Å². The van der Waals surface area contributed by atoms with Gasteiger partial charge in [0.1, 0.15) is 31.0 Å². The Morgan fingerprint density at radius 2 is 1.24 bits per heavy atom. The summed E-state index contributed by atoms with van der Waals surface area (Å²) in [6.07, 6.45) is 26.9. The van der Waals surface area contributed by atoms with Gasteiger partial charge in [-0.1, -0.05) is 107 Å². The van der Waals surface area contributed by atoms with Crippen LogP contribution in [-0.2, 0) is 28.5 Å². The zero-order valence-corrected chi connectivity index (χ0v) is 29.9. The molecule has 1 rings (SSSR count). The number of esters is 2. The van der Waals surface area contributed by atoms with Crippen LogP contribution in [0.2, 0.25) is 0 Å². The Morgan fingerprint density at radius 3 is 1.90 bits per heavy atom. The molecule has 0 aliphatic carbocycles. The van der Waals surface area contributed by atoms with Gasteiger partial charge in [-0.25, -0.2) is 0 Å². The van der Waals surface area contributed by atoms with Gasteiger partial charge in [0.05, 0.1) is 13.2 Å². The number of rotatable bonds is 28. The van der Waals surface area contributed by atoms with E-state index in [4.69, 9.17) is 18.9 Å². The van der Waals surface area contributed by atoms with Crippen molar-refractivity contribution < 1.29 is 49.0 Å². The molecule has 1 saturated heterocycles. The molecule has 280 valence electrons. The molecular weight excluding hydrogens is 628 g/mol. The molecule has 0 amide bonds. The van der Waals surface area contributed by atoms with Crippen molar-refractivity contribution in [3.05, 3.63) is 60.8 Å². The van der Waals surface area contributed by atoms with E-state index in [-0.39, 0.29) is 26.1 Å². The van der Waals surface area contributed by atoms with Crippen LogP contribution in [0.5, 0.6) is 0 Å². The van der Waals surface area contributed by atoms with Gasteiger partial charge in [0.15, 0.2) is 12.4 Å². The summed E-state index contributed by atoms with van der Waals surface area (Å²) < 4.78 is 21.9. The molecular formula is C39H64O10. The number of unbranched alkanes of at least 4 members (excludes halogenated alkanes) is 7. The minimum absolute atomic E-state index is 0.111. The van der Waals surface area contributed by atoms with Gasteiger partial charge in [-0.15, -0.1) is 0 Å². The van der Waals surface area contributed by atoms with E-state index in [1.54, 1.807) is 0 Å². The van der Waals surface area contributed by atoms with Gasteiger partial charge in [-0.3, -0.25) is 9.59 Å². The van der Waals surface area contributed by atoms with E-state index in [2.05, 4.69) is 56.4 Å². The summed E-state index contributed by atoms with van der Waals surface area (Å²) in [7, 11) is 0. The molecule has 1 heterocycles. The summed E-state index contributed by atoms with van der Waals surface area (Å²) in [5, 5.41) is 39.8. The smallest absolute Gasteiger partial charge is 0.306 e. The van der Waals surface area contributed by atoms with Crippen molar-refractivity contribution >= 4 is 11.9 Å². The fraction of sp³-hybridized carbons (Fsp3) is 0.692. The van der Waals surface area contributed by atoms with Crippen molar-refractivity contribution in [2.75, 3.05) is 19.8 Å². The second kappa shape index (κ2) is 30.2. The van der Waals surface area contributed by atoms with Crippen LogP contribution in [0, 0.1) is 0 Å². The Hall–Kier alpha value is -2.60. The second-order valence-electron chi connectivity index (χ2n) is 12.3. The fourth-order valence-electron chi connectivity index (χ4n) is 4.97. The molecule has 0 aromatic carbocycles. The van der Waals surface area contributed by atoms with Crippen LogP contribution in [0.4, 0.5) is 0 Å². The van der Waals surface area contributed by atoms with Crippen LogP contribution in [0.15, 0.2) is 60.8 Å². The molecule has 10 heteroatoms. The van der Waals surface area contributed by atoms with Crippen LogP contribution >= 0.6 is 0 Å². The van der Waals surface area contributed by atoms with Gasteiger partial charge >= 0.3 is 11.9 Å². The number of carbonyl (C=O) groups is 2. The summed E-state index contributed by atoms with van der Waals surface area (Å²) in [5.41, 5.74) is 0. The molecule has 0 spiro atoms. The molecule has 0 saturated carbocycles. The lowest BCUT2D eigenvalue weighted by molar-refractivity contribution is -0.305. The largest absolute Gasteiger partial charge is 0.462 e. The summed E-state index contributed by atoms with van der Waals surface area (Å²) in [5.74, 6) is -0.959. The minimum atomic E-state index is -1.61. The first-order valence-corrected chi connectivity index (χ1v) is 18.4. The molecule has 1 aliphatic heterocycles. The maximum atomic E-state index is 12.6. The van der Waals surface area contributed by atoms with Gasteiger partial charge in [0.2, 0.25) is 0 Å². The van der Waals surface area contributed by atoms with Crippen molar-refractivity contribution in [2.45, 2.75) is 153 Å². The van der Waals surface area contributed by atoms with E-state index in [0.717, 1.165) is 38.5 Å². The zero-order chi connectivity index (χ0) is 36.0. The molecule has 1 aliphatic rings. The van der Waals surface area contributed by atoms with Gasteiger partial charge < -0.3 is 39.4 Å². The lowest BCUT2D eigenvalue weighted by atomic mass is 9.99. The number of hydrogen-bond donors (Lipinski definition) is 4. The predicted octanol–water partition coefficient (Wildman–Crippen LogP) is 6.32. The average Bonchev–Trinajstić information content (AvgIpc) is 3.10. The first kappa shape index (κ1) is 44.4. The van der Waals surface area contributed by atoms with E-state index in [1.165, 1.54) is 38.5 Å². The third-order valence-corrected chi connectivity index (χ3v) is 7.90. The Bertz CT molecular complexity index is 986. The number of aliphatic hydroxyl groups is 4. The average molecular weight is 693 g/mol. The number of carbonyl (C=O) groups excluding carboxylic acids is 2. The summed E-state index contributed by atoms with van der Waals surface area (Å²) >= 11 is 0. The van der Waals surface area contributed by atoms with E-state index >= 15 is 0 Å². The van der Waals surface area contributed by atoms with Crippen LogP contribution in [-0.4, -0.2) is 89.0 Å². The molecule has 6 atom stereocenters. The first-order chi connectivity index (χ1) is 23.8. The monoisotopic (exact) mass is 692 g/mol. The van der Waals surface area contributed by atoms with E-state index < -0.39 is 55.4 Å². The van der Waals surface area contributed by atoms with Crippen LogP contribution in [0.3, 0.4) is 0 Å². The molecule has 10 nitrogen and oxygen atoms in total. The van der Waals surface area contributed by atoms with Gasteiger partial charge in [0.25, 0.3) is 0 Å². The summed E-state index contributed by atoms with van der Waals surface area (Å²) in [6, 6.07) is 0.